The van der Waals surface area contributed by atoms with Crippen molar-refractivity contribution >= 4 is 11.9 Å². The quantitative estimate of drug-likeness (QED) is 0.396. The lowest BCUT2D eigenvalue weighted by atomic mass is 9.48. The molecule has 3 unspecified atom stereocenters. The van der Waals surface area contributed by atoms with Gasteiger partial charge in [-0.2, -0.15) is 13.2 Å². The number of hydrogen-bond acceptors (Lipinski definition) is 2. The largest absolute Gasteiger partial charge is 0.481 e. The Labute approximate surface area is 235 Å². The first-order valence-electron chi connectivity index (χ1n) is 14.4. The molecule has 4 aliphatic rings. The summed E-state index contributed by atoms with van der Waals surface area (Å²) in [7, 11) is 0. The summed E-state index contributed by atoms with van der Waals surface area (Å²) >= 11 is 0. The summed E-state index contributed by atoms with van der Waals surface area (Å²) in [4.78, 5) is 27.2. The Hall–Kier alpha value is -2.97. The van der Waals surface area contributed by atoms with Gasteiger partial charge in [-0.1, -0.05) is 30.3 Å². The summed E-state index contributed by atoms with van der Waals surface area (Å²) in [5, 5.41) is 9.27. The van der Waals surface area contributed by atoms with Crippen LogP contribution in [0.25, 0.3) is 0 Å². The molecule has 41 heavy (non-hydrogen) atoms. The molecule has 2 saturated carbocycles. The molecule has 1 spiro atoms. The maximum Gasteiger partial charge on any atom is 0.426 e. The van der Waals surface area contributed by atoms with Crippen LogP contribution in [0.4, 0.5) is 22.0 Å². The fraction of sp³-hybridized carbons (Fsp3) is 0.562. The average molecular weight is 576 g/mol. The molecule has 0 aromatic heterocycles. The first-order valence-corrected chi connectivity index (χ1v) is 14.4. The molecule has 1 saturated heterocycles. The van der Waals surface area contributed by atoms with Crippen LogP contribution < -0.4 is 0 Å². The molecule has 1 aliphatic heterocycles. The zero-order valence-corrected chi connectivity index (χ0v) is 22.9. The number of aliphatic carboxylic acids is 1. The second kappa shape index (κ2) is 9.53. The minimum absolute atomic E-state index is 0.0442. The highest BCUT2D eigenvalue weighted by atomic mass is 19.4. The Bertz CT molecular complexity index is 1360. The highest BCUT2D eigenvalue weighted by Gasteiger charge is 2.59. The van der Waals surface area contributed by atoms with Gasteiger partial charge in [0.15, 0.2) is 0 Å². The van der Waals surface area contributed by atoms with E-state index in [9.17, 15) is 36.6 Å². The minimum atomic E-state index is -5.05. The summed E-state index contributed by atoms with van der Waals surface area (Å²) in [6.07, 6.45) is 0.406. The number of hydrogen-bond donors (Lipinski definition) is 1. The molecular weight excluding hydrogens is 541 g/mol. The Balaban J connectivity index is 1.32. The number of piperidine rings is 1. The van der Waals surface area contributed by atoms with Crippen molar-refractivity contribution in [3.05, 3.63) is 70.5 Å². The highest BCUT2D eigenvalue weighted by Crippen LogP contribution is 2.62. The summed E-state index contributed by atoms with van der Waals surface area (Å²) in [6, 6.07) is 10.2. The number of aryl methyl sites for hydroxylation is 1. The van der Waals surface area contributed by atoms with Gasteiger partial charge in [-0.25, -0.2) is 8.78 Å². The lowest BCUT2D eigenvalue weighted by molar-refractivity contribution is -0.228. The molecule has 6 rings (SSSR count). The van der Waals surface area contributed by atoms with Crippen molar-refractivity contribution in [2.24, 2.45) is 17.3 Å². The van der Waals surface area contributed by atoms with Crippen molar-refractivity contribution in [3.8, 4) is 0 Å². The van der Waals surface area contributed by atoms with Crippen LogP contribution in [-0.4, -0.2) is 40.6 Å². The van der Waals surface area contributed by atoms with E-state index in [1.165, 1.54) is 24.3 Å². The molecule has 0 radical (unpaired) electrons. The third kappa shape index (κ3) is 4.54. The van der Waals surface area contributed by atoms with Crippen LogP contribution in [0.1, 0.15) is 74.1 Å². The lowest BCUT2D eigenvalue weighted by Crippen LogP contribution is -2.62. The predicted octanol–water partition coefficient (Wildman–Crippen LogP) is 6.88. The number of amides is 1. The Morgan fingerprint density at radius 2 is 1.66 bits per heavy atom. The molecule has 1 amide bonds. The average Bonchev–Trinajstić information content (AvgIpc) is 2.86. The second-order valence-corrected chi connectivity index (χ2v) is 13.1. The fourth-order valence-electron chi connectivity index (χ4n) is 8.39. The monoisotopic (exact) mass is 575 g/mol. The number of carbonyl (C=O) groups excluding carboxylic acids is 1. The van der Waals surface area contributed by atoms with Gasteiger partial charge in [0.05, 0.1) is 5.92 Å². The molecule has 3 aliphatic carbocycles. The number of rotatable bonds is 5. The van der Waals surface area contributed by atoms with Crippen LogP contribution in [0.5, 0.6) is 0 Å². The van der Waals surface area contributed by atoms with Gasteiger partial charge in [-0.05, 0) is 105 Å². The zero-order chi connectivity index (χ0) is 29.4. The number of likely N-dealkylation sites (tertiary alicyclic amines) is 1. The topological polar surface area (TPSA) is 57.6 Å². The zero-order valence-electron chi connectivity index (χ0n) is 22.9. The summed E-state index contributed by atoms with van der Waals surface area (Å²) < 4.78 is 69.3. The Morgan fingerprint density at radius 3 is 2.29 bits per heavy atom. The van der Waals surface area contributed by atoms with Crippen molar-refractivity contribution in [1.82, 2.24) is 4.90 Å². The van der Waals surface area contributed by atoms with Gasteiger partial charge in [0.1, 0.15) is 5.82 Å². The number of benzene rings is 2. The first-order chi connectivity index (χ1) is 19.2. The van der Waals surface area contributed by atoms with Gasteiger partial charge in [-0.15, -0.1) is 0 Å². The summed E-state index contributed by atoms with van der Waals surface area (Å²) in [5.74, 6) is -1.57. The number of halogens is 5. The summed E-state index contributed by atoms with van der Waals surface area (Å²) in [5.41, 5.74) is -2.19. The molecule has 2 aromatic rings. The van der Waals surface area contributed by atoms with E-state index < -0.39 is 28.8 Å². The van der Waals surface area contributed by atoms with Gasteiger partial charge in [-0.3, -0.25) is 9.59 Å². The SMILES string of the molecule is CC(F)(c1ccc2c(c1)CCC1N(C(=O)C3CC4(CC(C(=O)O)C4)C3)CCCC21Cc1ccc(F)cc1)C(F)(F)F. The molecule has 220 valence electrons. The molecule has 1 heterocycles. The first kappa shape index (κ1) is 28.2. The molecule has 2 aromatic carbocycles. The molecule has 3 fully saturated rings. The van der Waals surface area contributed by atoms with Crippen LogP contribution in [0.15, 0.2) is 42.5 Å². The van der Waals surface area contributed by atoms with Crippen molar-refractivity contribution in [2.75, 3.05) is 6.54 Å². The van der Waals surface area contributed by atoms with E-state index in [4.69, 9.17) is 0 Å². The number of carboxylic acids is 1. The molecule has 3 atom stereocenters. The number of fused-ring (bicyclic) bond motifs is 3. The van der Waals surface area contributed by atoms with E-state index in [2.05, 4.69) is 0 Å². The van der Waals surface area contributed by atoms with Gasteiger partial charge in [0.2, 0.25) is 11.6 Å². The van der Waals surface area contributed by atoms with Crippen molar-refractivity contribution in [2.45, 2.75) is 88.0 Å². The Morgan fingerprint density at radius 1 is 1.00 bits per heavy atom. The van der Waals surface area contributed by atoms with Crippen molar-refractivity contribution in [3.63, 3.8) is 0 Å². The van der Waals surface area contributed by atoms with E-state index in [1.54, 1.807) is 18.2 Å². The van der Waals surface area contributed by atoms with Crippen LogP contribution >= 0.6 is 0 Å². The minimum Gasteiger partial charge on any atom is -0.481 e. The Kier molecular flexibility index (Phi) is 6.54. The maximum absolute atomic E-state index is 14.9. The normalized spacial score (nSPS) is 32.2. The summed E-state index contributed by atoms with van der Waals surface area (Å²) in [6.45, 7) is 1.13. The third-order valence-electron chi connectivity index (χ3n) is 10.6. The fourth-order valence-corrected chi connectivity index (χ4v) is 8.39. The molecule has 1 N–H and O–H groups in total. The molecule has 9 heteroatoms. The number of alkyl halides is 4. The highest BCUT2D eigenvalue weighted by molar-refractivity contribution is 5.81. The lowest BCUT2D eigenvalue weighted by Gasteiger charge is -2.59. The van der Waals surface area contributed by atoms with E-state index in [1.807, 2.05) is 4.90 Å². The van der Waals surface area contributed by atoms with E-state index in [0.717, 1.165) is 11.1 Å². The third-order valence-corrected chi connectivity index (χ3v) is 10.6. The smallest absolute Gasteiger partial charge is 0.426 e. The van der Waals surface area contributed by atoms with Gasteiger partial charge < -0.3 is 10.0 Å². The van der Waals surface area contributed by atoms with Gasteiger partial charge in [0.25, 0.3) is 0 Å². The standard InChI is InChI=1S/C32H34F5NO3/c1-29(34,32(35,36)37)23-6-9-25-20(13-23)5-10-26-31(25,14-19-3-7-24(33)8-4-19)11-2-12-38(26)27(39)21-15-30(16-21)17-22(18-30)28(40)41/h3-4,6-9,13,21-22,26H,2,5,10-12,14-18H2,1H3,(H,40,41). The van der Waals surface area contributed by atoms with Crippen molar-refractivity contribution < 1.29 is 36.6 Å². The van der Waals surface area contributed by atoms with E-state index >= 15 is 0 Å². The molecule has 4 nitrogen and oxygen atoms in total. The second-order valence-electron chi connectivity index (χ2n) is 13.1. The van der Waals surface area contributed by atoms with Gasteiger partial charge in [0, 0.05) is 23.9 Å². The van der Waals surface area contributed by atoms with Crippen LogP contribution in [0, 0.1) is 23.1 Å². The molecule has 0 bridgehead atoms. The van der Waals surface area contributed by atoms with E-state index in [0.29, 0.717) is 76.8 Å². The van der Waals surface area contributed by atoms with Crippen LogP contribution in [0.2, 0.25) is 0 Å². The number of nitrogens with zero attached hydrogens (tertiary/aromatic N) is 1. The van der Waals surface area contributed by atoms with E-state index in [-0.39, 0.29) is 35.0 Å². The maximum atomic E-state index is 14.9. The van der Waals surface area contributed by atoms with Gasteiger partial charge >= 0.3 is 12.1 Å². The predicted molar refractivity (Wildman–Crippen MR) is 141 cm³/mol. The number of carbonyl (C=O) groups is 2. The van der Waals surface area contributed by atoms with Crippen molar-refractivity contribution in [1.29, 1.82) is 0 Å². The molecular formula is C32H34F5NO3. The van der Waals surface area contributed by atoms with Crippen LogP contribution in [0.3, 0.4) is 0 Å². The number of carboxylic acid groups (broad SMARTS) is 1. The van der Waals surface area contributed by atoms with Crippen LogP contribution in [-0.2, 0) is 33.5 Å².